The highest BCUT2D eigenvalue weighted by Gasteiger charge is 2.13. The van der Waals surface area contributed by atoms with E-state index in [4.69, 9.17) is 4.74 Å². The van der Waals surface area contributed by atoms with Crippen LogP contribution in [0.2, 0.25) is 0 Å². The van der Waals surface area contributed by atoms with E-state index < -0.39 is 0 Å². The van der Waals surface area contributed by atoms with Crippen molar-refractivity contribution in [2.75, 3.05) is 6.61 Å². The summed E-state index contributed by atoms with van der Waals surface area (Å²) in [7, 11) is 0. The van der Waals surface area contributed by atoms with Crippen LogP contribution in [0, 0.1) is 0 Å². The molecule has 19 heavy (non-hydrogen) atoms. The maximum absolute atomic E-state index is 11.6. The lowest BCUT2D eigenvalue weighted by Crippen LogP contribution is -2.03. The van der Waals surface area contributed by atoms with Crippen molar-refractivity contribution < 1.29 is 9.53 Å². The zero-order chi connectivity index (χ0) is 13.2. The van der Waals surface area contributed by atoms with E-state index in [0.717, 1.165) is 15.9 Å². The van der Waals surface area contributed by atoms with E-state index >= 15 is 0 Å². The van der Waals surface area contributed by atoms with Gasteiger partial charge in [-0.2, -0.15) is 9.47 Å². The molecule has 0 bridgehead atoms. The van der Waals surface area contributed by atoms with Crippen LogP contribution in [0.1, 0.15) is 17.3 Å². The first-order valence-corrected chi connectivity index (χ1v) is 6.63. The molecule has 0 spiro atoms. The van der Waals surface area contributed by atoms with Gasteiger partial charge in [-0.15, -0.1) is 0 Å². The number of benzene rings is 1. The van der Waals surface area contributed by atoms with E-state index in [0.29, 0.717) is 12.2 Å². The number of fused-ring (bicyclic) bond motifs is 1. The van der Waals surface area contributed by atoms with Crippen molar-refractivity contribution in [2.24, 2.45) is 0 Å². The molecule has 0 radical (unpaired) electrons. The first-order chi connectivity index (χ1) is 9.29. The Morgan fingerprint density at radius 2 is 2.26 bits per heavy atom. The lowest BCUT2D eigenvalue weighted by atomic mass is 10.2. The fraction of sp³-hybridized carbons (Fsp3) is 0.154. The minimum absolute atomic E-state index is 0.355. The van der Waals surface area contributed by atoms with Crippen LogP contribution in [-0.4, -0.2) is 26.7 Å². The molecule has 0 aliphatic carbocycles. The Bertz CT molecular complexity index is 732. The molecule has 3 aromatic rings. The number of hydrogen-bond donors (Lipinski definition) is 0. The van der Waals surface area contributed by atoms with Crippen LogP contribution in [0.4, 0.5) is 0 Å². The molecule has 0 atom stereocenters. The van der Waals surface area contributed by atoms with Gasteiger partial charge in [-0.05, 0) is 30.6 Å². The second kappa shape index (κ2) is 4.81. The Labute approximate surface area is 113 Å². The van der Waals surface area contributed by atoms with Gasteiger partial charge in [0, 0.05) is 11.6 Å². The van der Waals surface area contributed by atoms with Gasteiger partial charge < -0.3 is 4.74 Å². The number of hydrogen-bond acceptors (Lipinski definition) is 5. The zero-order valence-corrected chi connectivity index (χ0v) is 11.1. The largest absolute Gasteiger partial charge is 0.462 e. The number of rotatable bonds is 3. The number of ether oxygens (including phenoxy) is 1. The molecule has 0 fully saturated rings. The summed E-state index contributed by atoms with van der Waals surface area (Å²) in [5.41, 5.74) is 1.37. The molecule has 1 aromatic carbocycles. The summed E-state index contributed by atoms with van der Waals surface area (Å²) in [5.74, 6) is -0.359. The average molecular weight is 273 g/mol. The topological polar surface area (TPSA) is 57.0 Å². The van der Waals surface area contributed by atoms with Crippen LogP contribution in [0.15, 0.2) is 36.7 Å². The van der Waals surface area contributed by atoms with Gasteiger partial charge in [0.1, 0.15) is 5.00 Å². The number of carbonyl (C=O) groups is 1. The van der Waals surface area contributed by atoms with Crippen molar-refractivity contribution in [2.45, 2.75) is 6.92 Å². The van der Waals surface area contributed by atoms with E-state index in [1.165, 1.54) is 17.7 Å². The molecule has 0 aliphatic heterocycles. The summed E-state index contributed by atoms with van der Waals surface area (Å²) in [6.07, 6.45) is 3.17. The minimum atomic E-state index is -0.359. The fourth-order valence-electron chi connectivity index (χ4n) is 1.79. The normalized spacial score (nSPS) is 10.8. The third-order valence-electron chi connectivity index (χ3n) is 2.67. The predicted octanol–water partition coefficient (Wildman–Crippen LogP) is 2.66. The van der Waals surface area contributed by atoms with Crippen molar-refractivity contribution in [3.63, 3.8) is 0 Å². The molecule has 96 valence electrons. The van der Waals surface area contributed by atoms with Gasteiger partial charge in [0.2, 0.25) is 0 Å². The minimum Gasteiger partial charge on any atom is -0.462 e. The van der Waals surface area contributed by atoms with Crippen LogP contribution >= 0.6 is 11.5 Å². The highest BCUT2D eigenvalue weighted by Crippen LogP contribution is 2.25. The first-order valence-electron chi connectivity index (χ1n) is 5.86. The highest BCUT2D eigenvalue weighted by molar-refractivity contribution is 7.10. The highest BCUT2D eigenvalue weighted by atomic mass is 32.1. The van der Waals surface area contributed by atoms with Crippen LogP contribution in [0.3, 0.4) is 0 Å². The van der Waals surface area contributed by atoms with Crippen molar-refractivity contribution in [3.8, 4) is 5.00 Å². The van der Waals surface area contributed by atoms with E-state index in [-0.39, 0.29) is 5.97 Å². The summed E-state index contributed by atoms with van der Waals surface area (Å²) >= 11 is 1.35. The number of esters is 1. The van der Waals surface area contributed by atoms with Gasteiger partial charge in [-0.3, -0.25) is 0 Å². The number of nitrogens with zero attached hydrogens (tertiary/aromatic N) is 3. The van der Waals surface area contributed by atoms with E-state index in [9.17, 15) is 4.79 Å². The van der Waals surface area contributed by atoms with Crippen LogP contribution in [0.5, 0.6) is 0 Å². The molecule has 6 heteroatoms. The van der Waals surface area contributed by atoms with E-state index in [1.54, 1.807) is 17.8 Å². The van der Waals surface area contributed by atoms with Gasteiger partial charge in [0.05, 0.1) is 23.9 Å². The Morgan fingerprint density at radius 1 is 1.42 bits per heavy atom. The standard InChI is InChI=1S/C13H11N3O2S/c1-2-18-13(17)9-7-14-16(8-9)12-10-5-3-4-6-11(10)15-19-12/h3-8H,2H2,1H3. The van der Waals surface area contributed by atoms with Crippen LogP contribution in [-0.2, 0) is 4.74 Å². The van der Waals surface area contributed by atoms with Crippen molar-refractivity contribution in [1.29, 1.82) is 0 Å². The molecule has 0 amide bonds. The Morgan fingerprint density at radius 3 is 3.11 bits per heavy atom. The predicted molar refractivity (Wildman–Crippen MR) is 72.7 cm³/mol. The Balaban J connectivity index is 2.01. The van der Waals surface area contributed by atoms with Crippen molar-refractivity contribution in [1.82, 2.24) is 14.2 Å². The molecule has 0 unspecified atom stereocenters. The summed E-state index contributed by atoms with van der Waals surface area (Å²) in [5, 5.41) is 6.11. The Hall–Kier alpha value is -2.21. The molecule has 3 rings (SSSR count). The second-order valence-electron chi connectivity index (χ2n) is 3.90. The first kappa shape index (κ1) is 11.9. The van der Waals surface area contributed by atoms with Crippen molar-refractivity contribution in [3.05, 3.63) is 42.2 Å². The average Bonchev–Trinajstić information content (AvgIpc) is 3.05. The second-order valence-corrected chi connectivity index (χ2v) is 4.65. The van der Waals surface area contributed by atoms with E-state index in [1.807, 2.05) is 24.3 Å². The van der Waals surface area contributed by atoms with Gasteiger partial charge in [0.15, 0.2) is 0 Å². The molecule has 5 nitrogen and oxygen atoms in total. The van der Waals surface area contributed by atoms with Crippen LogP contribution in [0.25, 0.3) is 15.9 Å². The summed E-state index contributed by atoms with van der Waals surface area (Å²) in [4.78, 5) is 11.6. The molecule has 2 heterocycles. The fourth-order valence-corrected chi connectivity index (χ4v) is 2.59. The lowest BCUT2D eigenvalue weighted by molar-refractivity contribution is 0.0526. The van der Waals surface area contributed by atoms with E-state index in [2.05, 4.69) is 9.47 Å². The lowest BCUT2D eigenvalue weighted by Gasteiger charge is -1.97. The zero-order valence-electron chi connectivity index (χ0n) is 10.2. The Kier molecular flexibility index (Phi) is 3.00. The summed E-state index contributed by atoms with van der Waals surface area (Å²) in [6.45, 7) is 2.13. The monoisotopic (exact) mass is 273 g/mol. The van der Waals surface area contributed by atoms with Crippen molar-refractivity contribution >= 4 is 28.4 Å². The van der Waals surface area contributed by atoms with Gasteiger partial charge in [-0.25, -0.2) is 9.48 Å². The number of carbonyl (C=O) groups excluding carboxylic acids is 1. The third kappa shape index (κ3) is 2.10. The SMILES string of the molecule is CCOC(=O)c1cnn(-c2snc3ccccc23)c1. The number of aromatic nitrogens is 3. The quantitative estimate of drug-likeness (QED) is 0.688. The third-order valence-corrected chi connectivity index (χ3v) is 3.53. The smallest absolute Gasteiger partial charge is 0.341 e. The van der Waals surface area contributed by atoms with Gasteiger partial charge in [-0.1, -0.05) is 12.1 Å². The van der Waals surface area contributed by atoms with Crippen LogP contribution < -0.4 is 0 Å². The molecular weight excluding hydrogens is 262 g/mol. The van der Waals surface area contributed by atoms with Gasteiger partial charge >= 0.3 is 5.97 Å². The summed E-state index contributed by atoms with van der Waals surface area (Å²) in [6, 6.07) is 7.83. The molecular formula is C13H11N3O2S. The molecule has 0 aliphatic rings. The molecule has 0 N–H and O–H groups in total. The van der Waals surface area contributed by atoms with Gasteiger partial charge in [0.25, 0.3) is 0 Å². The molecule has 2 aromatic heterocycles. The molecule has 0 saturated heterocycles. The maximum Gasteiger partial charge on any atom is 0.341 e. The summed E-state index contributed by atoms with van der Waals surface area (Å²) < 4.78 is 11.0. The molecule has 0 saturated carbocycles. The maximum atomic E-state index is 11.6.